The van der Waals surface area contributed by atoms with E-state index in [0.29, 0.717) is 16.6 Å². The van der Waals surface area contributed by atoms with Crippen LogP contribution in [0.1, 0.15) is 5.56 Å². The first-order valence-corrected chi connectivity index (χ1v) is 5.90. The number of carbonyl (C=O) groups is 1. The van der Waals surface area contributed by atoms with Crippen LogP contribution in [0.3, 0.4) is 0 Å². The molecule has 0 bridgehead atoms. The molecule has 1 aromatic carbocycles. The van der Waals surface area contributed by atoms with Gasteiger partial charge in [0.2, 0.25) is 5.91 Å². The molecule has 0 radical (unpaired) electrons. The molecule has 0 aliphatic heterocycles. The highest BCUT2D eigenvalue weighted by molar-refractivity contribution is 9.11. The predicted octanol–water partition coefficient (Wildman–Crippen LogP) is 2.86. The summed E-state index contributed by atoms with van der Waals surface area (Å²) in [6.07, 6.45) is 0.176. The first kappa shape index (κ1) is 14.6. The molecule has 1 N–H and O–H groups in total. The van der Waals surface area contributed by atoms with Crippen LogP contribution in [0.2, 0.25) is 0 Å². The molecular weight excluding hydrogens is 308 g/mol. The average molecular weight is 320 g/mol. The summed E-state index contributed by atoms with van der Waals surface area (Å²) in [7, 11) is 0. The van der Waals surface area contributed by atoms with Crippen LogP contribution in [-0.2, 0) is 11.2 Å². The van der Waals surface area contributed by atoms with Crippen molar-refractivity contribution < 1.29 is 18.3 Å². The molecule has 0 aliphatic rings. The first-order chi connectivity index (χ1) is 8.47. The number of hydrogen-bond donors (Lipinski definition) is 1. The third-order valence-corrected chi connectivity index (χ3v) is 2.27. The van der Waals surface area contributed by atoms with Gasteiger partial charge in [-0.1, -0.05) is 34.6 Å². The molecule has 98 valence electrons. The van der Waals surface area contributed by atoms with E-state index in [-0.39, 0.29) is 18.1 Å². The number of benzene rings is 1. The van der Waals surface area contributed by atoms with Crippen LogP contribution in [0.25, 0.3) is 0 Å². The average Bonchev–Trinajstić information content (AvgIpc) is 2.28. The summed E-state index contributed by atoms with van der Waals surface area (Å²) in [5.41, 5.74) is 0.717. The molecule has 1 aromatic rings. The second kappa shape index (κ2) is 7.10. The Kier molecular flexibility index (Phi) is 5.77. The molecule has 0 unspecified atom stereocenters. The lowest BCUT2D eigenvalue weighted by atomic mass is 10.1. The minimum Gasteiger partial charge on any atom is -0.435 e. The van der Waals surface area contributed by atoms with E-state index in [1.54, 1.807) is 12.1 Å². The highest BCUT2D eigenvalue weighted by Crippen LogP contribution is 2.15. The quantitative estimate of drug-likeness (QED) is 0.875. The number of carbonyl (C=O) groups excluding carboxylic acids is 1. The molecule has 18 heavy (non-hydrogen) atoms. The predicted molar refractivity (Wildman–Crippen MR) is 67.9 cm³/mol. The molecule has 0 saturated heterocycles. The van der Waals surface area contributed by atoms with Crippen molar-refractivity contribution in [2.45, 2.75) is 13.0 Å². The van der Waals surface area contributed by atoms with Crippen LogP contribution >= 0.6 is 15.9 Å². The molecule has 6 heteroatoms. The van der Waals surface area contributed by atoms with Gasteiger partial charge in [-0.25, -0.2) is 0 Å². The smallest absolute Gasteiger partial charge is 0.387 e. The maximum Gasteiger partial charge on any atom is 0.387 e. The standard InChI is InChI=1S/C12H12BrF2NO2/c1-8(13)7-16-11(17)6-9-2-4-10(5-3-9)18-12(14)15/h2-5,12H,1,6-7H2,(H,16,17). The van der Waals surface area contributed by atoms with Gasteiger partial charge >= 0.3 is 6.61 Å². The van der Waals surface area contributed by atoms with Gasteiger partial charge in [0.15, 0.2) is 0 Å². The molecule has 0 atom stereocenters. The number of rotatable bonds is 6. The molecule has 0 spiro atoms. The molecule has 3 nitrogen and oxygen atoms in total. The maximum atomic E-state index is 11.9. The summed E-state index contributed by atoms with van der Waals surface area (Å²) < 4.78 is 28.7. The van der Waals surface area contributed by atoms with Crippen molar-refractivity contribution >= 4 is 21.8 Å². The van der Waals surface area contributed by atoms with Gasteiger partial charge in [0, 0.05) is 11.0 Å². The highest BCUT2D eigenvalue weighted by Gasteiger charge is 2.06. The number of amides is 1. The Morgan fingerprint density at radius 1 is 1.39 bits per heavy atom. The molecule has 1 rings (SSSR count). The van der Waals surface area contributed by atoms with E-state index in [1.807, 2.05) is 0 Å². The van der Waals surface area contributed by atoms with E-state index in [1.165, 1.54) is 12.1 Å². The van der Waals surface area contributed by atoms with E-state index in [2.05, 4.69) is 32.6 Å². The Morgan fingerprint density at radius 2 is 2.00 bits per heavy atom. The third kappa shape index (κ3) is 5.77. The summed E-state index contributed by atoms with van der Waals surface area (Å²) in [6.45, 7) is 1.10. The lowest BCUT2D eigenvalue weighted by Gasteiger charge is -2.06. The summed E-state index contributed by atoms with van der Waals surface area (Å²) in [4.78, 5) is 11.5. The van der Waals surface area contributed by atoms with E-state index in [0.717, 1.165) is 0 Å². The Labute approximate surface area is 112 Å². The normalized spacial score (nSPS) is 10.2. The highest BCUT2D eigenvalue weighted by atomic mass is 79.9. The zero-order valence-electron chi connectivity index (χ0n) is 9.46. The number of hydrogen-bond acceptors (Lipinski definition) is 2. The maximum absolute atomic E-state index is 11.9. The Bertz CT molecular complexity index is 421. The van der Waals surface area contributed by atoms with Crippen LogP contribution < -0.4 is 10.1 Å². The van der Waals surface area contributed by atoms with Crippen molar-refractivity contribution in [2.75, 3.05) is 6.54 Å². The summed E-state index contributed by atoms with van der Waals surface area (Å²) >= 11 is 3.12. The van der Waals surface area contributed by atoms with Gasteiger partial charge in [-0.05, 0) is 17.7 Å². The first-order valence-electron chi connectivity index (χ1n) is 5.11. The SMILES string of the molecule is C=C(Br)CNC(=O)Cc1ccc(OC(F)F)cc1. The Hall–Kier alpha value is -1.43. The van der Waals surface area contributed by atoms with Gasteiger partial charge in [-0.15, -0.1) is 0 Å². The molecule has 0 heterocycles. The second-order valence-corrected chi connectivity index (χ2v) is 4.61. The fourth-order valence-corrected chi connectivity index (χ4v) is 1.37. The fraction of sp³-hybridized carbons (Fsp3) is 0.250. The minimum absolute atomic E-state index is 0.0722. The summed E-state index contributed by atoms with van der Waals surface area (Å²) in [6, 6.07) is 5.94. The Morgan fingerprint density at radius 3 is 2.50 bits per heavy atom. The van der Waals surface area contributed by atoms with Crippen molar-refractivity contribution in [3.63, 3.8) is 0 Å². The number of halogens is 3. The molecule has 0 aliphatic carbocycles. The zero-order valence-corrected chi connectivity index (χ0v) is 11.0. The monoisotopic (exact) mass is 319 g/mol. The van der Waals surface area contributed by atoms with E-state index >= 15 is 0 Å². The van der Waals surface area contributed by atoms with Gasteiger partial charge in [0.1, 0.15) is 5.75 Å². The van der Waals surface area contributed by atoms with Gasteiger partial charge < -0.3 is 10.1 Å². The van der Waals surface area contributed by atoms with Gasteiger partial charge in [-0.2, -0.15) is 8.78 Å². The van der Waals surface area contributed by atoms with Crippen LogP contribution in [-0.4, -0.2) is 19.1 Å². The van der Waals surface area contributed by atoms with E-state index in [4.69, 9.17) is 0 Å². The molecular formula is C12H12BrF2NO2. The zero-order chi connectivity index (χ0) is 13.5. The molecule has 0 fully saturated rings. The van der Waals surface area contributed by atoms with Gasteiger partial charge in [0.05, 0.1) is 6.42 Å². The van der Waals surface area contributed by atoms with Crippen LogP contribution in [0.4, 0.5) is 8.78 Å². The van der Waals surface area contributed by atoms with Crippen LogP contribution in [0, 0.1) is 0 Å². The number of ether oxygens (including phenoxy) is 1. The van der Waals surface area contributed by atoms with Crippen molar-refractivity contribution in [1.82, 2.24) is 5.32 Å². The van der Waals surface area contributed by atoms with Crippen molar-refractivity contribution in [3.8, 4) is 5.75 Å². The second-order valence-electron chi connectivity index (χ2n) is 3.49. The van der Waals surface area contributed by atoms with Crippen molar-refractivity contribution in [3.05, 3.63) is 40.9 Å². The Balaban J connectivity index is 2.48. The molecule has 0 aromatic heterocycles. The summed E-state index contributed by atoms with van der Waals surface area (Å²) in [5, 5.41) is 2.64. The number of alkyl halides is 2. The van der Waals surface area contributed by atoms with Crippen molar-refractivity contribution in [1.29, 1.82) is 0 Å². The van der Waals surface area contributed by atoms with Crippen molar-refractivity contribution in [2.24, 2.45) is 0 Å². The fourth-order valence-electron chi connectivity index (χ4n) is 1.23. The van der Waals surface area contributed by atoms with E-state index < -0.39 is 6.61 Å². The lowest BCUT2D eigenvalue weighted by molar-refractivity contribution is -0.120. The molecule has 1 amide bonds. The largest absolute Gasteiger partial charge is 0.435 e. The van der Waals surface area contributed by atoms with E-state index in [9.17, 15) is 13.6 Å². The topological polar surface area (TPSA) is 38.3 Å². The lowest BCUT2D eigenvalue weighted by Crippen LogP contribution is -2.25. The summed E-state index contributed by atoms with van der Waals surface area (Å²) in [5.74, 6) is -0.0962. The number of nitrogens with one attached hydrogen (secondary N) is 1. The minimum atomic E-state index is -2.84. The van der Waals surface area contributed by atoms with Crippen LogP contribution in [0.15, 0.2) is 35.3 Å². The van der Waals surface area contributed by atoms with Gasteiger partial charge in [0.25, 0.3) is 0 Å². The third-order valence-electron chi connectivity index (χ3n) is 1.99. The van der Waals surface area contributed by atoms with Gasteiger partial charge in [-0.3, -0.25) is 4.79 Å². The molecule has 0 saturated carbocycles. The van der Waals surface area contributed by atoms with Crippen LogP contribution in [0.5, 0.6) is 5.75 Å².